The van der Waals surface area contributed by atoms with Gasteiger partial charge in [0.2, 0.25) is 0 Å². The third kappa shape index (κ3) is 3.23. The largest absolute Gasteiger partial charge is 0.496 e. The Bertz CT molecular complexity index is 736. The Morgan fingerprint density at radius 3 is 2.76 bits per heavy atom. The Kier molecular flexibility index (Phi) is 4.61. The lowest BCUT2D eigenvalue weighted by Crippen LogP contribution is -2.04. The zero-order valence-corrected chi connectivity index (χ0v) is 12.7. The summed E-state index contributed by atoms with van der Waals surface area (Å²) in [7, 11) is 0.258. The van der Waals surface area contributed by atoms with Crippen molar-refractivity contribution in [1.82, 2.24) is 0 Å². The van der Waals surface area contributed by atoms with Crippen molar-refractivity contribution in [1.29, 1.82) is 5.26 Å². The molecule has 2 N–H and O–H groups in total. The van der Waals surface area contributed by atoms with Gasteiger partial charge < -0.3 is 10.5 Å². The van der Waals surface area contributed by atoms with E-state index in [1.165, 1.54) is 0 Å². The van der Waals surface area contributed by atoms with Gasteiger partial charge >= 0.3 is 0 Å². The number of methoxy groups -OCH3 is 1. The van der Waals surface area contributed by atoms with Crippen molar-refractivity contribution < 1.29 is 8.95 Å². The van der Waals surface area contributed by atoms with E-state index < -0.39 is 10.8 Å². The van der Waals surface area contributed by atoms with Gasteiger partial charge in [0, 0.05) is 5.56 Å². The first kappa shape index (κ1) is 15.1. The molecule has 0 aliphatic carbocycles. The van der Waals surface area contributed by atoms with E-state index in [1.807, 2.05) is 19.1 Å². The van der Waals surface area contributed by atoms with Crippen molar-refractivity contribution in [2.45, 2.75) is 17.6 Å². The molecule has 2 rings (SSSR count). The molecule has 2 aromatic carbocycles. The summed E-state index contributed by atoms with van der Waals surface area (Å²) in [4.78, 5) is 0.611. The van der Waals surface area contributed by atoms with Crippen LogP contribution in [0, 0.1) is 18.3 Å². The third-order valence-electron chi connectivity index (χ3n) is 3.23. The smallest absolute Gasteiger partial charge is 0.123 e. The molecule has 2 aromatic rings. The van der Waals surface area contributed by atoms with Crippen LogP contribution in [0.1, 0.15) is 16.7 Å². The molecule has 0 aliphatic rings. The fourth-order valence-corrected chi connectivity index (χ4v) is 3.33. The summed E-state index contributed by atoms with van der Waals surface area (Å²) in [6, 6.07) is 12.6. The Balaban J connectivity index is 2.35. The Morgan fingerprint density at radius 2 is 2.10 bits per heavy atom. The fourth-order valence-electron chi connectivity index (χ4n) is 2.03. The van der Waals surface area contributed by atoms with Crippen LogP contribution < -0.4 is 10.5 Å². The van der Waals surface area contributed by atoms with Gasteiger partial charge in [0.15, 0.2) is 0 Å². The number of nitriles is 1. The third-order valence-corrected chi connectivity index (χ3v) is 4.65. The van der Waals surface area contributed by atoms with Crippen LogP contribution >= 0.6 is 0 Å². The summed E-state index contributed by atoms with van der Waals surface area (Å²) < 4.78 is 17.8. The summed E-state index contributed by atoms with van der Waals surface area (Å²) in [6.45, 7) is 1.88. The lowest BCUT2D eigenvalue weighted by Gasteiger charge is -2.11. The molecular weight excluding hydrogens is 284 g/mol. The standard InChI is InChI=1S/C16H16N2O2S/c1-11-4-3-5-15(16(11)18)21(19)10-13-8-12(9-17)6-7-14(13)20-2/h3-8H,10,18H2,1-2H3. The maximum Gasteiger partial charge on any atom is 0.123 e. The second kappa shape index (κ2) is 6.42. The molecule has 108 valence electrons. The van der Waals surface area contributed by atoms with Crippen LogP contribution in [0.2, 0.25) is 0 Å². The quantitative estimate of drug-likeness (QED) is 0.881. The minimum absolute atomic E-state index is 0.256. The van der Waals surface area contributed by atoms with Gasteiger partial charge in [-0.3, -0.25) is 4.21 Å². The highest BCUT2D eigenvalue weighted by Gasteiger charge is 2.13. The van der Waals surface area contributed by atoms with Crippen LogP contribution in [0.4, 0.5) is 5.69 Å². The highest BCUT2D eigenvalue weighted by atomic mass is 32.2. The number of hydrogen-bond acceptors (Lipinski definition) is 4. The van der Waals surface area contributed by atoms with Gasteiger partial charge in [0.1, 0.15) is 5.75 Å². The minimum atomic E-state index is -1.29. The van der Waals surface area contributed by atoms with Crippen molar-refractivity contribution in [3.05, 3.63) is 53.1 Å². The van der Waals surface area contributed by atoms with E-state index in [0.717, 1.165) is 11.1 Å². The molecule has 1 unspecified atom stereocenters. The summed E-state index contributed by atoms with van der Waals surface area (Å²) >= 11 is 0. The normalized spacial score (nSPS) is 11.7. The molecule has 0 aromatic heterocycles. The van der Waals surface area contributed by atoms with Crippen molar-refractivity contribution in [2.75, 3.05) is 12.8 Å². The molecule has 0 heterocycles. The average molecular weight is 300 g/mol. The first-order valence-electron chi connectivity index (χ1n) is 6.37. The van der Waals surface area contributed by atoms with E-state index in [1.54, 1.807) is 31.4 Å². The number of aryl methyl sites for hydroxylation is 1. The average Bonchev–Trinajstić information content (AvgIpc) is 2.49. The Hall–Kier alpha value is -2.32. The maximum absolute atomic E-state index is 12.5. The molecule has 5 heteroatoms. The lowest BCUT2D eigenvalue weighted by atomic mass is 10.1. The SMILES string of the molecule is COc1ccc(C#N)cc1CS(=O)c1cccc(C)c1N. The van der Waals surface area contributed by atoms with Crippen molar-refractivity contribution in [2.24, 2.45) is 0 Å². The van der Waals surface area contributed by atoms with E-state index in [2.05, 4.69) is 6.07 Å². The van der Waals surface area contributed by atoms with E-state index in [-0.39, 0.29) is 5.75 Å². The highest BCUT2D eigenvalue weighted by molar-refractivity contribution is 7.84. The number of nitrogens with zero attached hydrogens (tertiary/aromatic N) is 1. The van der Waals surface area contributed by atoms with E-state index in [4.69, 9.17) is 15.7 Å². The number of hydrogen-bond donors (Lipinski definition) is 1. The topological polar surface area (TPSA) is 76.1 Å². The molecule has 4 nitrogen and oxygen atoms in total. The molecule has 0 bridgehead atoms. The highest BCUT2D eigenvalue weighted by Crippen LogP contribution is 2.26. The number of para-hydroxylation sites is 1. The first-order valence-corrected chi connectivity index (χ1v) is 7.69. The zero-order chi connectivity index (χ0) is 15.4. The van der Waals surface area contributed by atoms with Gasteiger partial charge in [-0.1, -0.05) is 12.1 Å². The zero-order valence-electron chi connectivity index (χ0n) is 11.9. The molecule has 1 atom stereocenters. The summed E-state index contributed by atoms with van der Waals surface area (Å²) in [5.41, 5.74) is 8.68. The van der Waals surface area contributed by atoms with Crippen molar-refractivity contribution >= 4 is 16.5 Å². The summed E-state index contributed by atoms with van der Waals surface area (Å²) in [5.74, 6) is 0.875. The van der Waals surface area contributed by atoms with Crippen LogP contribution in [0.15, 0.2) is 41.3 Å². The predicted molar refractivity (Wildman–Crippen MR) is 83.4 cm³/mol. The van der Waals surface area contributed by atoms with Crippen LogP contribution in [0.5, 0.6) is 5.75 Å². The number of anilines is 1. The molecule has 0 saturated carbocycles. The van der Waals surface area contributed by atoms with Gasteiger partial charge in [-0.15, -0.1) is 0 Å². The molecule has 0 saturated heterocycles. The summed E-state index contributed by atoms with van der Waals surface area (Å²) in [5, 5.41) is 8.97. The molecule has 0 spiro atoms. The van der Waals surface area contributed by atoms with Gasteiger partial charge in [0.25, 0.3) is 0 Å². The van der Waals surface area contributed by atoms with Gasteiger partial charge in [-0.2, -0.15) is 5.26 Å². The number of nitrogens with two attached hydrogens (primary N) is 1. The number of benzene rings is 2. The van der Waals surface area contributed by atoms with Crippen molar-refractivity contribution in [3.8, 4) is 11.8 Å². The Labute approximate surface area is 126 Å². The first-order chi connectivity index (χ1) is 10.1. The van der Waals surface area contributed by atoms with Crippen LogP contribution in [-0.4, -0.2) is 11.3 Å². The van der Waals surface area contributed by atoms with Gasteiger partial charge in [-0.25, -0.2) is 0 Å². The van der Waals surface area contributed by atoms with E-state index >= 15 is 0 Å². The monoisotopic (exact) mass is 300 g/mol. The summed E-state index contributed by atoms with van der Waals surface area (Å²) in [6.07, 6.45) is 0. The maximum atomic E-state index is 12.5. The number of ether oxygens (including phenoxy) is 1. The van der Waals surface area contributed by atoms with Crippen molar-refractivity contribution in [3.63, 3.8) is 0 Å². The van der Waals surface area contributed by atoms with E-state index in [9.17, 15) is 4.21 Å². The van der Waals surface area contributed by atoms with Gasteiger partial charge in [-0.05, 0) is 36.8 Å². The molecule has 0 fully saturated rings. The second-order valence-corrected chi connectivity index (χ2v) is 6.03. The molecule has 0 radical (unpaired) electrons. The van der Waals surface area contributed by atoms with Crippen LogP contribution in [-0.2, 0) is 16.6 Å². The fraction of sp³-hybridized carbons (Fsp3) is 0.188. The lowest BCUT2D eigenvalue weighted by molar-refractivity contribution is 0.411. The molecule has 0 amide bonds. The van der Waals surface area contributed by atoms with Crippen LogP contribution in [0.3, 0.4) is 0 Å². The predicted octanol–water partition coefficient (Wildman–Crippen LogP) is 2.77. The molecule has 0 aliphatic heterocycles. The van der Waals surface area contributed by atoms with E-state index in [0.29, 0.717) is 21.9 Å². The number of rotatable bonds is 4. The minimum Gasteiger partial charge on any atom is -0.496 e. The Morgan fingerprint density at radius 1 is 1.33 bits per heavy atom. The van der Waals surface area contributed by atoms with Gasteiger partial charge in [0.05, 0.1) is 45.9 Å². The van der Waals surface area contributed by atoms with Crippen LogP contribution in [0.25, 0.3) is 0 Å². The number of nitrogen functional groups attached to an aromatic ring is 1. The molecule has 21 heavy (non-hydrogen) atoms. The molecular formula is C16H16N2O2S. The second-order valence-electron chi connectivity index (χ2n) is 4.62.